The second kappa shape index (κ2) is 10.2. The summed E-state index contributed by atoms with van der Waals surface area (Å²) in [6.45, 7) is 3.60. The zero-order chi connectivity index (χ0) is 25.2. The summed E-state index contributed by atoms with van der Waals surface area (Å²) < 4.78 is 13.2. The molecule has 0 saturated carbocycles. The van der Waals surface area contributed by atoms with Crippen molar-refractivity contribution in [1.82, 2.24) is 4.98 Å². The number of alkyl halides is 3. The van der Waals surface area contributed by atoms with Crippen LogP contribution < -0.4 is 10.7 Å². The molecule has 0 bridgehead atoms. The third kappa shape index (κ3) is 5.11. The number of hydrogen-bond donors (Lipinski definition) is 1. The molecule has 1 amide bonds. The number of esters is 2. The van der Waals surface area contributed by atoms with E-state index >= 15 is 0 Å². The van der Waals surface area contributed by atoms with Crippen molar-refractivity contribution in [1.29, 1.82) is 0 Å². The number of aromatic nitrogens is 1. The molecule has 2 aromatic heterocycles. The topological polar surface area (TPSA) is 125 Å². The number of halogens is 3. The van der Waals surface area contributed by atoms with Crippen LogP contribution in [0.3, 0.4) is 0 Å². The van der Waals surface area contributed by atoms with Gasteiger partial charge < -0.3 is 19.2 Å². The fourth-order valence-corrected chi connectivity index (χ4v) is 3.48. The van der Waals surface area contributed by atoms with E-state index < -0.39 is 27.1 Å². The lowest BCUT2D eigenvalue weighted by molar-refractivity contribution is -0.115. The minimum absolute atomic E-state index is 0.0647. The minimum atomic E-state index is -2.29. The number of methoxy groups -OCH3 is 1. The van der Waals surface area contributed by atoms with E-state index in [0.29, 0.717) is 23.8 Å². The Morgan fingerprint density at radius 2 is 1.79 bits per heavy atom. The molecule has 2 heterocycles. The first kappa shape index (κ1) is 25.7. The van der Waals surface area contributed by atoms with E-state index in [1.54, 1.807) is 6.92 Å². The Kier molecular flexibility index (Phi) is 7.70. The molecule has 9 nitrogen and oxygen atoms in total. The molecule has 0 aliphatic heterocycles. The van der Waals surface area contributed by atoms with Gasteiger partial charge in [-0.15, -0.1) is 0 Å². The number of amides is 1. The Labute approximate surface area is 208 Å². The maximum absolute atomic E-state index is 12.9. The predicted octanol–water partition coefficient (Wildman–Crippen LogP) is 4.57. The second-order valence-corrected chi connectivity index (χ2v) is 9.35. The van der Waals surface area contributed by atoms with E-state index in [4.69, 9.17) is 48.7 Å². The molecule has 34 heavy (non-hydrogen) atoms. The molecular weight excluding hydrogens is 511 g/mol. The number of pyridine rings is 1. The van der Waals surface area contributed by atoms with E-state index in [-0.39, 0.29) is 40.2 Å². The van der Waals surface area contributed by atoms with Crippen LogP contribution in [0.5, 0.6) is 0 Å². The Morgan fingerprint density at radius 3 is 2.38 bits per heavy atom. The Morgan fingerprint density at radius 1 is 1.09 bits per heavy atom. The number of nitrogens with zero attached hydrogens (tertiary/aromatic N) is 1. The van der Waals surface area contributed by atoms with Crippen molar-refractivity contribution in [2.24, 2.45) is 0 Å². The quantitative estimate of drug-likeness (QED) is 0.280. The lowest BCUT2D eigenvalue weighted by Gasteiger charge is -2.16. The summed E-state index contributed by atoms with van der Waals surface area (Å²) in [6.07, 6.45) is 0.958. The van der Waals surface area contributed by atoms with Gasteiger partial charge in [0.1, 0.15) is 5.58 Å². The number of hydrogen-bond acceptors (Lipinski definition) is 8. The molecule has 0 unspecified atom stereocenters. The summed E-state index contributed by atoms with van der Waals surface area (Å²) in [7, 11) is 1.17. The summed E-state index contributed by atoms with van der Waals surface area (Å²) in [5, 5.41) is 2.87. The first-order valence-electron chi connectivity index (χ1n) is 10.1. The van der Waals surface area contributed by atoms with Gasteiger partial charge in [-0.3, -0.25) is 9.59 Å². The highest BCUT2D eigenvalue weighted by molar-refractivity contribution is 6.76. The maximum Gasteiger partial charge on any atom is 0.374 e. The molecule has 0 aliphatic carbocycles. The van der Waals surface area contributed by atoms with Gasteiger partial charge in [-0.25, -0.2) is 14.6 Å². The third-order valence-corrected chi connectivity index (χ3v) is 5.28. The van der Waals surface area contributed by atoms with Crippen molar-refractivity contribution in [3.05, 3.63) is 45.4 Å². The van der Waals surface area contributed by atoms with Crippen molar-refractivity contribution < 1.29 is 28.3 Å². The molecular formula is C22H19Cl3N2O7. The zero-order valence-corrected chi connectivity index (χ0v) is 20.6. The first-order valence-corrected chi connectivity index (χ1v) is 11.2. The summed E-state index contributed by atoms with van der Waals surface area (Å²) in [6, 6.07) is 3.70. The van der Waals surface area contributed by atoms with Gasteiger partial charge >= 0.3 is 11.9 Å². The van der Waals surface area contributed by atoms with Crippen LogP contribution >= 0.6 is 34.8 Å². The molecule has 0 fully saturated rings. The van der Waals surface area contributed by atoms with Crippen molar-refractivity contribution in [2.45, 2.75) is 30.5 Å². The number of rotatable bonds is 6. The number of ether oxygens (including phenoxy) is 2. The average Bonchev–Trinajstić information content (AvgIpc) is 2.78. The number of carbonyl (C=O) groups is 3. The van der Waals surface area contributed by atoms with Crippen LogP contribution in [-0.4, -0.2) is 40.3 Å². The molecule has 3 aromatic rings. The molecule has 3 rings (SSSR count). The lowest BCUT2D eigenvalue weighted by atomic mass is 9.99. The Bertz CT molecular complexity index is 1360. The Hall–Kier alpha value is -2.88. The van der Waals surface area contributed by atoms with Crippen LogP contribution in [0.4, 0.5) is 5.69 Å². The number of aryl methyl sites for hydroxylation is 1. The van der Waals surface area contributed by atoms with Gasteiger partial charge in [0.05, 0.1) is 30.3 Å². The van der Waals surface area contributed by atoms with Gasteiger partial charge in [-0.1, -0.05) is 48.1 Å². The molecule has 0 spiro atoms. The largest absolute Gasteiger partial charge is 0.464 e. The Balaban J connectivity index is 2.43. The second-order valence-electron chi connectivity index (χ2n) is 7.07. The van der Waals surface area contributed by atoms with Gasteiger partial charge in [-0.05, 0) is 25.5 Å². The van der Waals surface area contributed by atoms with Crippen molar-refractivity contribution in [3.63, 3.8) is 0 Å². The third-order valence-electron chi connectivity index (χ3n) is 4.77. The number of nitrogens with one attached hydrogen (secondary N) is 1. The normalized spacial score (nSPS) is 11.5. The highest BCUT2D eigenvalue weighted by atomic mass is 35.6. The maximum atomic E-state index is 12.9. The van der Waals surface area contributed by atoms with Crippen LogP contribution in [-0.2, 0) is 20.7 Å². The molecule has 0 radical (unpaired) electrons. The van der Waals surface area contributed by atoms with Gasteiger partial charge in [0.15, 0.2) is 11.1 Å². The lowest BCUT2D eigenvalue weighted by Crippen LogP contribution is -2.27. The van der Waals surface area contributed by atoms with Gasteiger partial charge in [-0.2, -0.15) is 0 Å². The van der Waals surface area contributed by atoms with E-state index in [1.807, 2.05) is 6.92 Å². The number of carbonyl (C=O) groups excluding carboxylic acids is 3. The zero-order valence-electron chi connectivity index (χ0n) is 18.3. The van der Waals surface area contributed by atoms with Crippen molar-refractivity contribution in [2.75, 3.05) is 19.0 Å². The van der Waals surface area contributed by atoms with Gasteiger partial charge in [0.2, 0.25) is 5.76 Å². The predicted molar refractivity (Wildman–Crippen MR) is 128 cm³/mol. The van der Waals surface area contributed by atoms with Crippen LogP contribution in [0, 0.1) is 0 Å². The van der Waals surface area contributed by atoms with Gasteiger partial charge in [0.25, 0.3) is 9.70 Å². The number of anilines is 1. The molecule has 180 valence electrons. The standard InChI is InChI=1S/C22H19Cl3N2O7/c1-4-6-10-17-11(7-12-15(28)9-16(34-18(10)12)20(30)33-5-2)13(27-21(31)22(23,24)25)8-14(26-17)19(29)32-3/h7-9H,4-6H2,1-3H3,(H,26,27,31). The molecule has 0 aliphatic rings. The highest BCUT2D eigenvalue weighted by Crippen LogP contribution is 2.35. The number of benzene rings is 1. The molecule has 1 aromatic carbocycles. The van der Waals surface area contributed by atoms with Crippen molar-refractivity contribution in [3.8, 4) is 0 Å². The van der Waals surface area contributed by atoms with E-state index in [2.05, 4.69) is 10.3 Å². The summed E-state index contributed by atoms with van der Waals surface area (Å²) >= 11 is 17.1. The summed E-state index contributed by atoms with van der Waals surface area (Å²) in [5.41, 5.74) is 0.191. The fraction of sp³-hybridized carbons (Fsp3) is 0.318. The van der Waals surface area contributed by atoms with Gasteiger partial charge in [0, 0.05) is 17.0 Å². The first-order chi connectivity index (χ1) is 16.0. The molecule has 12 heteroatoms. The molecule has 0 saturated heterocycles. The van der Waals surface area contributed by atoms with E-state index in [1.165, 1.54) is 19.2 Å². The van der Waals surface area contributed by atoms with E-state index in [9.17, 15) is 19.2 Å². The number of fused-ring (bicyclic) bond motifs is 2. The van der Waals surface area contributed by atoms with E-state index in [0.717, 1.165) is 6.07 Å². The average molecular weight is 530 g/mol. The van der Waals surface area contributed by atoms with Crippen LogP contribution in [0.1, 0.15) is 46.9 Å². The van der Waals surface area contributed by atoms with Crippen LogP contribution in [0.15, 0.2) is 27.4 Å². The van der Waals surface area contributed by atoms with Crippen molar-refractivity contribution >= 4 is 80.2 Å². The highest BCUT2D eigenvalue weighted by Gasteiger charge is 2.32. The fourth-order valence-electron chi connectivity index (χ4n) is 3.34. The SMILES string of the molecule is CCCc1c2nc(C(=O)OC)cc(NC(=O)C(Cl)(Cl)Cl)c2cc2c(=O)cc(C(=O)OCC)oc12. The monoisotopic (exact) mass is 528 g/mol. The summed E-state index contributed by atoms with van der Waals surface area (Å²) in [4.78, 5) is 54.2. The molecule has 1 N–H and O–H groups in total. The summed E-state index contributed by atoms with van der Waals surface area (Å²) in [5.74, 6) is -2.83. The smallest absolute Gasteiger partial charge is 0.374 e. The molecule has 0 atom stereocenters. The minimum Gasteiger partial charge on any atom is -0.464 e. The van der Waals surface area contributed by atoms with Crippen LogP contribution in [0.25, 0.3) is 21.9 Å². The van der Waals surface area contributed by atoms with Crippen LogP contribution in [0.2, 0.25) is 0 Å².